The third-order valence-electron chi connectivity index (χ3n) is 4.97. The van der Waals surface area contributed by atoms with E-state index in [1.165, 1.54) is 6.08 Å². The Morgan fingerprint density at radius 2 is 2.04 bits per heavy atom. The molecule has 7 heteroatoms. The van der Waals surface area contributed by atoms with Crippen LogP contribution in [0.15, 0.2) is 24.3 Å². The molecule has 0 saturated carbocycles. The average molecular weight is 366 g/mol. The molecule has 2 rings (SSSR count). The van der Waals surface area contributed by atoms with Crippen molar-refractivity contribution in [2.24, 2.45) is 17.8 Å². The molecule has 0 aromatic carbocycles. The molecule has 1 heterocycles. The molecule has 0 spiro atoms. The smallest absolute Gasteiger partial charge is 0.334 e. The highest BCUT2D eigenvalue weighted by atomic mass is 16.6. The van der Waals surface area contributed by atoms with Crippen LogP contribution in [-0.2, 0) is 23.9 Å². The average Bonchev–Trinajstić information content (AvgIpc) is 2.82. The topological polar surface area (TPSA) is 110 Å². The molecule has 1 fully saturated rings. The fourth-order valence-electron chi connectivity index (χ4n) is 3.19. The molecule has 0 aromatic rings. The molecule has 7 nitrogen and oxygen atoms in total. The fraction of sp³-hybridized carbons (Fsp3) is 0.632. The van der Waals surface area contributed by atoms with Crippen LogP contribution < -0.4 is 0 Å². The highest BCUT2D eigenvalue weighted by molar-refractivity contribution is 5.97. The Balaban J connectivity index is 2.53. The van der Waals surface area contributed by atoms with E-state index >= 15 is 0 Å². The summed E-state index contributed by atoms with van der Waals surface area (Å²) >= 11 is 0. The van der Waals surface area contributed by atoms with Crippen LogP contribution in [-0.4, -0.2) is 51.8 Å². The molecule has 0 bridgehead atoms. The van der Waals surface area contributed by atoms with Crippen LogP contribution in [0.4, 0.5) is 0 Å². The fourth-order valence-corrected chi connectivity index (χ4v) is 3.19. The summed E-state index contributed by atoms with van der Waals surface area (Å²) in [6.07, 6.45) is -0.625. The maximum Gasteiger partial charge on any atom is 0.334 e. The SMILES string of the molecule is C=C1C(=O)O[C@@H]2C[C@@H](C)/C=C\C(=O)[C@](C)(O)[C@H](O)[C@@H](OC(=O)C(C)C)[C@H]12. The number of esters is 2. The third kappa shape index (κ3) is 3.73. The molecule has 1 saturated heterocycles. The summed E-state index contributed by atoms with van der Waals surface area (Å²) in [6, 6.07) is 0. The van der Waals surface area contributed by atoms with Crippen molar-refractivity contribution in [2.75, 3.05) is 0 Å². The number of aliphatic hydroxyl groups excluding tert-OH is 1. The summed E-state index contributed by atoms with van der Waals surface area (Å²) < 4.78 is 10.8. The second-order valence-electron chi connectivity index (χ2n) is 7.58. The lowest BCUT2D eigenvalue weighted by molar-refractivity contribution is -0.183. The molecule has 0 unspecified atom stereocenters. The van der Waals surface area contributed by atoms with Crippen LogP contribution >= 0.6 is 0 Å². The molecule has 2 N–H and O–H groups in total. The second-order valence-corrected chi connectivity index (χ2v) is 7.58. The summed E-state index contributed by atoms with van der Waals surface area (Å²) in [5.74, 6) is -3.47. The Labute approximate surface area is 152 Å². The van der Waals surface area contributed by atoms with E-state index in [4.69, 9.17) is 9.47 Å². The Morgan fingerprint density at radius 3 is 2.62 bits per heavy atom. The predicted octanol–water partition coefficient (Wildman–Crippen LogP) is 0.929. The van der Waals surface area contributed by atoms with Crippen molar-refractivity contribution in [3.05, 3.63) is 24.3 Å². The molecule has 26 heavy (non-hydrogen) atoms. The van der Waals surface area contributed by atoms with E-state index in [2.05, 4.69) is 6.58 Å². The minimum atomic E-state index is -2.20. The van der Waals surface area contributed by atoms with Crippen LogP contribution in [0.25, 0.3) is 0 Å². The van der Waals surface area contributed by atoms with Crippen molar-refractivity contribution in [3.63, 3.8) is 0 Å². The van der Waals surface area contributed by atoms with Crippen molar-refractivity contribution >= 4 is 17.7 Å². The summed E-state index contributed by atoms with van der Waals surface area (Å²) in [5, 5.41) is 21.4. The van der Waals surface area contributed by atoms with Crippen molar-refractivity contribution in [2.45, 2.75) is 58.0 Å². The summed E-state index contributed by atoms with van der Waals surface area (Å²) in [7, 11) is 0. The van der Waals surface area contributed by atoms with Crippen LogP contribution in [0, 0.1) is 17.8 Å². The molecule has 144 valence electrons. The standard InChI is InChI=1S/C19H26O7/c1-9(2)17(22)26-15-14-11(4)18(23)25-12(14)8-10(3)6-7-13(20)19(5,24)16(15)21/h6-7,9-10,12,14-16,21,24H,4,8H2,1-3,5H3/b7-6-/t10-,12+,14+,15-,16+,19-/m0/s1. The molecule has 1 aliphatic carbocycles. The first-order chi connectivity index (χ1) is 12.0. The quantitative estimate of drug-likeness (QED) is 0.552. The van der Waals surface area contributed by atoms with Crippen LogP contribution in [0.3, 0.4) is 0 Å². The van der Waals surface area contributed by atoms with Gasteiger partial charge in [0.2, 0.25) is 0 Å². The first kappa shape index (κ1) is 20.3. The number of ketones is 1. The van der Waals surface area contributed by atoms with Crippen LogP contribution in [0.2, 0.25) is 0 Å². The first-order valence-electron chi connectivity index (χ1n) is 8.70. The molecule has 6 atom stereocenters. The molecular formula is C19H26O7. The number of carbonyl (C=O) groups excluding carboxylic acids is 3. The number of hydrogen-bond acceptors (Lipinski definition) is 7. The van der Waals surface area contributed by atoms with Crippen molar-refractivity contribution in [1.29, 1.82) is 0 Å². The Kier molecular flexibility index (Phi) is 5.73. The molecule has 0 radical (unpaired) electrons. The van der Waals surface area contributed by atoms with Gasteiger partial charge in [0, 0.05) is 5.57 Å². The van der Waals surface area contributed by atoms with Gasteiger partial charge in [0.05, 0.1) is 11.8 Å². The van der Waals surface area contributed by atoms with Crippen LogP contribution in [0.1, 0.15) is 34.1 Å². The number of hydrogen-bond donors (Lipinski definition) is 2. The lowest BCUT2D eigenvalue weighted by Gasteiger charge is -2.37. The second kappa shape index (κ2) is 7.32. The van der Waals surface area contributed by atoms with Gasteiger partial charge in [0.15, 0.2) is 11.4 Å². The molecule has 2 aliphatic rings. The van der Waals surface area contributed by atoms with E-state index in [1.54, 1.807) is 19.9 Å². The largest absolute Gasteiger partial charge is 0.458 e. The van der Waals surface area contributed by atoms with Crippen molar-refractivity contribution in [3.8, 4) is 0 Å². The van der Waals surface area contributed by atoms with Gasteiger partial charge in [-0.15, -0.1) is 0 Å². The number of carbonyl (C=O) groups is 3. The van der Waals surface area contributed by atoms with Crippen molar-refractivity contribution in [1.82, 2.24) is 0 Å². The minimum Gasteiger partial charge on any atom is -0.458 e. The van der Waals surface area contributed by atoms with Gasteiger partial charge in [-0.1, -0.05) is 33.4 Å². The molecule has 1 aliphatic heterocycles. The molecule has 0 aromatic heterocycles. The summed E-state index contributed by atoms with van der Waals surface area (Å²) in [5.41, 5.74) is -2.15. The zero-order valence-electron chi connectivity index (χ0n) is 15.5. The number of ether oxygens (including phenoxy) is 2. The monoisotopic (exact) mass is 366 g/mol. The minimum absolute atomic E-state index is 0.0515. The van der Waals surface area contributed by atoms with E-state index in [0.29, 0.717) is 6.42 Å². The highest BCUT2D eigenvalue weighted by Gasteiger charge is 2.53. The van der Waals surface area contributed by atoms with Crippen molar-refractivity contribution < 1.29 is 34.1 Å². The summed E-state index contributed by atoms with van der Waals surface area (Å²) in [6.45, 7) is 9.93. The zero-order valence-corrected chi connectivity index (χ0v) is 15.5. The Bertz CT molecular complexity index is 646. The maximum absolute atomic E-state index is 12.4. The third-order valence-corrected chi connectivity index (χ3v) is 4.97. The number of allylic oxidation sites excluding steroid dienone is 1. The van der Waals surface area contributed by atoms with E-state index < -0.39 is 53.5 Å². The Morgan fingerprint density at radius 1 is 1.42 bits per heavy atom. The normalized spacial score (nSPS) is 39.3. The van der Waals surface area contributed by atoms with Gasteiger partial charge < -0.3 is 19.7 Å². The number of rotatable bonds is 2. The van der Waals surface area contributed by atoms with Crippen LogP contribution in [0.5, 0.6) is 0 Å². The van der Waals surface area contributed by atoms with Gasteiger partial charge in [-0.25, -0.2) is 4.79 Å². The lowest BCUT2D eigenvalue weighted by atomic mass is 9.77. The van der Waals surface area contributed by atoms with Gasteiger partial charge in [0.1, 0.15) is 18.3 Å². The van der Waals surface area contributed by atoms with E-state index in [0.717, 1.165) is 6.92 Å². The summed E-state index contributed by atoms with van der Waals surface area (Å²) in [4.78, 5) is 36.6. The maximum atomic E-state index is 12.4. The first-order valence-corrected chi connectivity index (χ1v) is 8.70. The van der Waals surface area contributed by atoms with E-state index in [1.807, 2.05) is 6.92 Å². The Hall–Kier alpha value is -1.99. The van der Waals surface area contributed by atoms with Gasteiger partial charge in [-0.3, -0.25) is 9.59 Å². The van der Waals surface area contributed by atoms with E-state index in [9.17, 15) is 24.6 Å². The van der Waals surface area contributed by atoms with Gasteiger partial charge >= 0.3 is 11.9 Å². The lowest BCUT2D eigenvalue weighted by Crippen LogP contribution is -2.57. The van der Waals surface area contributed by atoms with Gasteiger partial charge in [0.25, 0.3) is 0 Å². The zero-order chi connectivity index (χ0) is 19.8. The molecular weight excluding hydrogens is 340 g/mol. The van der Waals surface area contributed by atoms with E-state index in [-0.39, 0.29) is 11.5 Å². The number of fused-ring (bicyclic) bond motifs is 1. The predicted molar refractivity (Wildman–Crippen MR) is 91.8 cm³/mol. The molecule has 0 amide bonds. The number of aliphatic hydroxyl groups is 2. The van der Waals surface area contributed by atoms with Gasteiger partial charge in [-0.05, 0) is 25.3 Å². The highest BCUT2D eigenvalue weighted by Crippen LogP contribution is 2.39. The van der Waals surface area contributed by atoms with Gasteiger partial charge in [-0.2, -0.15) is 0 Å².